The summed E-state index contributed by atoms with van der Waals surface area (Å²) in [6.07, 6.45) is 1.87. The molecule has 1 aromatic rings. The van der Waals surface area contributed by atoms with Crippen LogP contribution in [-0.2, 0) is 0 Å². The maximum atomic E-state index is 12.1. The molecule has 2 rings (SSSR count). The lowest BCUT2D eigenvalue weighted by molar-refractivity contribution is 0.0320. The van der Waals surface area contributed by atoms with E-state index < -0.39 is 5.60 Å². The first-order valence-corrected chi connectivity index (χ1v) is 7.02. The highest BCUT2D eigenvalue weighted by Crippen LogP contribution is 2.24. The van der Waals surface area contributed by atoms with Crippen molar-refractivity contribution in [2.75, 3.05) is 18.6 Å². The Morgan fingerprint density at radius 1 is 1.22 bits per heavy atom. The average Bonchev–Trinajstić information content (AvgIpc) is 2.55. The molecule has 0 aliphatic carbocycles. The van der Waals surface area contributed by atoms with Gasteiger partial charge >= 0.3 is 0 Å². The van der Waals surface area contributed by atoms with Gasteiger partial charge in [-0.2, -0.15) is 11.8 Å². The topological polar surface area (TPSA) is 57.6 Å². The lowest BCUT2D eigenvalue weighted by Gasteiger charge is -2.27. The van der Waals surface area contributed by atoms with Gasteiger partial charge in [-0.25, -0.2) is 0 Å². The highest BCUT2D eigenvalue weighted by molar-refractivity contribution is 7.98. The van der Waals surface area contributed by atoms with E-state index >= 15 is 0 Å². The molecule has 0 bridgehead atoms. The van der Waals surface area contributed by atoms with E-state index in [0.29, 0.717) is 16.9 Å². The lowest BCUT2D eigenvalue weighted by atomic mass is 10.1. The number of aliphatic hydroxyl groups is 1. The average molecular weight is 265 g/mol. The second kappa shape index (κ2) is 4.74. The van der Waals surface area contributed by atoms with Crippen molar-refractivity contribution in [2.45, 2.75) is 12.5 Å². The van der Waals surface area contributed by atoms with Crippen LogP contribution in [0, 0.1) is 0 Å². The number of carbonyl (C=O) groups is 2. The zero-order chi connectivity index (χ0) is 13.3. The Morgan fingerprint density at radius 3 is 2.17 bits per heavy atom. The molecular weight excluding hydrogens is 250 g/mol. The second-order valence-electron chi connectivity index (χ2n) is 4.67. The zero-order valence-electron chi connectivity index (χ0n) is 10.3. The number of β-amino-alcohol motifs (C(OH)–C–C–N with tert-alkyl or cyclic N) is 1. The van der Waals surface area contributed by atoms with Gasteiger partial charge < -0.3 is 5.11 Å². The van der Waals surface area contributed by atoms with E-state index in [9.17, 15) is 14.7 Å². The van der Waals surface area contributed by atoms with Crippen molar-refractivity contribution in [3.8, 4) is 0 Å². The first-order valence-electron chi connectivity index (χ1n) is 5.63. The highest BCUT2D eigenvalue weighted by atomic mass is 32.2. The van der Waals surface area contributed by atoms with Crippen LogP contribution in [0.1, 0.15) is 27.6 Å². The van der Waals surface area contributed by atoms with Gasteiger partial charge in [-0.15, -0.1) is 0 Å². The quantitative estimate of drug-likeness (QED) is 0.836. The molecule has 5 heteroatoms. The van der Waals surface area contributed by atoms with Gasteiger partial charge in [0.05, 0.1) is 23.3 Å². The number of rotatable bonds is 4. The molecule has 1 N–H and O–H groups in total. The summed E-state index contributed by atoms with van der Waals surface area (Å²) >= 11 is 1.48. The molecule has 0 saturated carbocycles. The summed E-state index contributed by atoms with van der Waals surface area (Å²) in [7, 11) is 0. The number of nitrogens with zero attached hydrogens (tertiary/aromatic N) is 1. The summed E-state index contributed by atoms with van der Waals surface area (Å²) in [5.41, 5.74) is -0.225. The third kappa shape index (κ3) is 2.28. The Labute approximate surface area is 110 Å². The minimum Gasteiger partial charge on any atom is -0.387 e. The number of fused-ring (bicyclic) bond motifs is 1. The normalized spacial score (nSPS) is 17.8. The predicted octanol–water partition coefficient (Wildman–Crippen LogP) is 1.40. The number of thioether (sulfide) groups is 1. The minimum atomic E-state index is -1.06. The van der Waals surface area contributed by atoms with E-state index in [1.165, 1.54) is 11.8 Å². The van der Waals surface area contributed by atoms with Crippen molar-refractivity contribution in [3.63, 3.8) is 0 Å². The molecule has 1 atom stereocenters. The third-order valence-corrected chi connectivity index (χ3v) is 3.74. The standard InChI is InChI=1S/C13H15NO3S/c1-13(17,8-18-2)7-14-11(15)9-5-3-4-6-10(9)12(14)16/h3-6,17H,7-8H2,1-2H3. The lowest BCUT2D eigenvalue weighted by Crippen LogP contribution is -2.45. The third-order valence-electron chi connectivity index (χ3n) is 2.83. The predicted molar refractivity (Wildman–Crippen MR) is 70.8 cm³/mol. The Balaban J connectivity index is 2.24. The molecule has 4 nitrogen and oxygen atoms in total. The summed E-state index contributed by atoms with van der Waals surface area (Å²) in [4.78, 5) is 25.3. The van der Waals surface area contributed by atoms with E-state index in [-0.39, 0.29) is 18.4 Å². The smallest absolute Gasteiger partial charge is 0.261 e. The SMILES string of the molecule is CSCC(C)(O)CN1C(=O)c2ccccc2C1=O. The first-order chi connectivity index (χ1) is 8.46. The van der Waals surface area contributed by atoms with Crippen LogP contribution in [0.15, 0.2) is 24.3 Å². The second-order valence-corrected chi connectivity index (χ2v) is 5.54. The molecule has 1 heterocycles. The fourth-order valence-electron chi connectivity index (χ4n) is 2.08. The molecule has 1 aliphatic rings. The molecule has 1 aromatic carbocycles. The van der Waals surface area contributed by atoms with Crippen LogP contribution in [0.2, 0.25) is 0 Å². The molecule has 0 spiro atoms. The van der Waals surface area contributed by atoms with E-state index in [1.807, 2.05) is 6.26 Å². The number of hydrogen-bond donors (Lipinski definition) is 1. The number of carbonyl (C=O) groups excluding carboxylic acids is 2. The van der Waals surface area contributed by atoms with Crippen molar-refractivity contribution in [1.29, 1.82) is 0 Å². The van der Waals surface area contributed by atoms with Crippen LogP contribution >= 0.6 is 11.8 Å². The Morgan fingerprint density at radius 2 is 1.72 bits per heavy atom. The number of hydrogen-bond acceptors (Lipinski definition) is 4. The fourth-order valence-corrected chi connectivity index (χ4v) is 2.79. The van der Waals surface area contributed by atoms with Crippen molar-refractivity contribution in [2.24, 2.45) is 0 Å². The van der Waals surface area contributed by atoms with Gasteiger partial charge in [0.25, 0.3) is 11.8 Å². The van der Waals surface area contributed by atoms with Crippen molar-refractivity contribution in [3.05, 3.63) is 35.4 Å². The number of benzene rings is 1. The van der Waals surface area contributed by atoms with Gasteiger partial charge in [0.15, 0.2) is 0 Å². The van der Waals surface area contributed by atoms with Gasteiger partial charge in [-0.1, -0.05) is 12.1 Å². The van der Waals surface area contributed by atoms with Crippen LogP contribution in [-0.4, -0.2) is 46.0 Å². The molecule has 1 aliphatic heterocycles. The maximum Gasteiger partial charge on any atom is 0.261 e. The number of imide groups is 1. The van der Waals surface area contributed by atoms with E-state index in [2.05, 4.69) is 0 Å². The Bertz CT molecular complexity index is 464. The van der Waals surface area contributed by atoms with E-state index in [1.54, 1.807) is 31.2 Å². The maximum absolute atomic E-state index is 12.1. The fraction of sp³-hybridized carbons (Fsp3) is 0.385. The van der Waals surface area contributed by atoms with E-state index in [4.69, 9.17) is 0 Å². The molecule has 2 amide bonds. The summed E-state index contributed by atoms with van der Waals surface area (Å²) in [6, 6.07) is 6.73. The monoisotopic (exact) mass is 265 g/mol. The Hall–Kier alpha value is -1.33. The number of amides is 2. The highest BCUT2D eigenvalue weighted by Gasteiger charge is 2.38. The molecule has 0 radical (unpaired) electrons. The van der Waals surface area contributed by atoms with Crippen LogP contribution in [0.3, 0.4) is 0 Å². The van der Waals surface area contributed by atoms with Crippen molar-refractivity contribution >= 4 is 23.6 Å². The summed E-state index contributed by atoms with van der Waals surface area (Å²) in [5.74, 6) is -0.172. The van der Waals surface area contributed by atoms with Crippen molar-refractivity contribution in [1.82, 2.24) is 4.90 Å². The van der Waals surface area contributed by atoms with Gasteiger partial charge in [0.2, 0.25) is 0 Å². The first kappa shape index (κ1) is 13.1. The summed E-state index contributed by atoms with van der Waals surface area (Å²) in [5, 5.41) is 10.1. The van der Waals surface area contributed by atoms with Gasteiger partial charge in [0, 0.05) is 5.75 Å². The molecule has 0 fully saturated rings. The van der Waals surface area contributed by atoms with E-state index in [0.717, 1.165) is 4.90 Å². The molecule has 0 aromatic heterocycles. The van der Waals surface area contributed by atoms with Crippen LogP contribution in [0.4, 0.5) is 0 Å². The van der Waals surface area contributed by atoms with Crippen molar-refractivity contribution < 1.29 is 14.7 Å². The molecule has 18 heavy (non-hydrogen) atoms. The van der Waals surface area contributed by atoms with Crippen LogP contribution in [0.25, 0.3) is 0 Å². The summed E-state index contributed by atoms with van der Waals surface area (Å²) in [6.45, 7) is 1.66. The Kier molecular flexibility index (Phi) is 3.45. The van der Waals surface area contributed by atoms with Crippen LogP contribution < -0.4 is 0 Å². The van der Waals surface area contributed by atoms with Gasteiger partial charge in [-0.05, 0) is 25.3 Å². The zero-order valence-corrected chi connectivity index (χ0v) is 11.2. The molecular formula is C13H15NO3S. The minimum absolute atomic E-state index is 0.0280. The summed E-state index contributed by atoms with van der Waals surface area (Å²) < 4.78 is 0. The molecule has 96 valence electrons. The van der Waals surface area contributed by atoms with Gasteiger partial charge in [-0.3, -0.25) is 14.5 Å². The largest absolute Gasteiger partial charge is 0.387 e. The van der Waals surface area contributed by atoms with Gasteiger partial charge in [0.1, 0.15) is 0 Å². The molecule has 0 saturated heterocycles. The molecule has 1 unspecified atom stereocenters. The van der Waals surface area contributed by atoms with Crippen LogP contribution in [0.5, 0.6) is 0 Å².